The normalized spacial score (nSPS) is 14.0. The molecule has 1 aliphatic heterocycles. The van der Waals surface area contributed by atoms with Crippen LogP contribution >= 0.6 is 11.3 Å². The number of hydrogen-bond donors (Lipinski definition) is 2. The molecule has 1 fully saturated rings. The lowest BCUT2D eigenvalue weighted by Crippen LogP contribution is -2.46. The van der Waals surface area contributed by atoms with E-state index in [1.54, 1.807) is 24.3 Å². The van der Waals surface area contributed by atoms with Crippen LogP contribution in [-0.4, -0.2) is 58.5 Å². The van der Waals surface area contributed by atoms with E-state index in [-0.39, 0.29) is 5.91 Å². The van der Waals surface area contributed by atoms with Gasteiger partial charge in [-0.3, -0.25) is 4.79 Å². The van der Waals surface area contributed by atoms with Gasteiger partial charge in [-0.15, -0.1) is 11.3 Å². The van der Waals surface area contributed by atoms with Crippen molar-refractivity contribution in [2.24, 2.45) is 0 Å². The van der Waals surface area contributed by atoms with Crippen LogP contribution in [0.5, 0.6) is 11.6 Å². The Morgan fingerprint density at radius 3 is 2.78 bits per heavy atom. The van der Waals surface area contributed by atoms with Crippen LogP contribution in [0.1, 0.15) is 6.92 Å². The van der Waals surface area contributed by atoms with Gasteiger partial charge in [-0.2, -0.15) is 4.98 Å². The fraction of sp³-hybridized carbons (Fsp3) is 0.231. The number of nitrogens with zero attached hydrogens (tertiary/aromatic N) is 5. The minimum absolute atomic E-state index is 0.289. The van der Waals surface area contributed by atoms with Crippen molar-refractivity contribution in [1.29, 1.82) is 0 Å². The maximum Gasteiger partial charge on any atom is 0.247 e. The minimum Gasteiger partial charge on any atom is -0.437 e. The van der Waals surface area contributed by atoms with Crippen molar-refractivity contribution in [2.75, 3.05) is 48.3 Å². The fourth-order valence-electron chi connectivity index (χ4n) is 3.99. The zero-order chi connectivity index (χ0) is 24.9. The van der Waals surface area contributed by atoms with E-state index in [2.05, 4.69) is 55.0 Å². The molecule has 0 spiro atoms. The fourth-order valence-corrected chi connectivity index (χ4v) is 4.74. The van der Waals surface area contributed by atoms with Gasteiger partial charge in [-0.1, -0.05) is 19.6 Å². The van der Waals surface area contributed by atoms with Gasteiger partial charge in [0.15, 0.2) is 0 Å². The number of likely N-dealkylation sites (N-methyl/N-ethyl adjacent to an activating group) is 1. The molecule has 3 aromatic heterocycles. The maximum absolute atomic E-state index is 11.6. The molecular weight excluding hydrogens is 474 g/mol. The molecule has 184 valence electrons. The van der Waals surface area contributed by atoms with Crippen molar-refractivity contribution < 1.29 is 9.53 Å². The van der Waals surface area contributed by atoms with Crippen LogP contribution in [0.3, 0.4) is 0 Å². The van der Waals surface area contributed by atoms with Gasteiger partial charge in [0.05, 0.1) is 17.4 Å². The van der Waals surface area contributed by atoms with E-state index < -0.39 is 0 Å². The van der Waals surface area contributed by atoms with E-state index in [9.17, 15) is 4.79 Å². The van der Waals surface area contributed by atoms with Gasteiger partial charge in [-0.25, -0.2) is 9.97 Å². The second kappa shape index (κ2) is 10.7. The molecule has 36 heavy (non-hydrogen) atoms. The highest BCUT2D eigenvalue weighted by Gasteiger charge is 2.17. The summed E-state index contributed by atoms with van der Waals surface area (Å²) in [5.41, 5.74) is 2.49. The average molecular weight is 502 g/mol. The quantitative estimate of drug-likeness (QED) is 0.330. The molecule has 1 amide bonds. The number of piperazine rings is 1. The zero-order valence-corrected chi connectivity index (χ0v) is 20.8. The predicted molar refractivity (Wildman–Crippen MR) is 145 cm³/mol. The molecule has 0 bridgehead atoms. The van der Waals surface area contributed by atoms with Gasteiger partial charge < -0.3 is 25.2 Å². The molecule has 10 heteroatoms. The lowest BCUT2D eigenvalue weighted by molar-refractivity contribution is -0.111. The number of benzene rings is 1. The number of rotatable bonds is 8. The molecule has 4 heterocycles. The number of pyridine rings is 1. The Morgan fingerprint density at radius 1 is 1.17 bits per heavy atom. The monoisotopic (exact) mass is 501 g/mol. The topological polar surface area (TPSA) is 95.5 Å². The Balaban J connectivity index is 1.32. The lowest BCUT2D eigenvalue weighted by atomic mass is 10.2. The molecule has 9 nitrogen and oxygen atoms in total. The maximum atomic E-state index is 11.6. The van der Waals surface area contributed by atoms with Gasteiger partial charge in [0, 0.05) is 37.9 Å². The first-order chi connectivity index (χ1) is 17.6. The Kier molecular flexibility index (Phi) is 7.06. The molecule has 1 aromatic carbocycles. The number of carbonyl (C=O) groups excluding carboxylic acids is 1. The summed E-state index contributed by atoms with van der Waals surface area (Å²) in [6, 6.07) is 13.0. The summed E-state index contributed by atoms with van der Waals surface area (Å²) >= 11 is 1.50. The van der Waals surface area contributed by atoms with Crippen LogP contribution in [-0.2, 0) is 4.79 Å². The van der Waals surface area contributed by atoms with Crippen LogP contribution < -0.4 is 20.3 Å². The van der Waals surface area contributed by atoms with E-state index in [4.69, 9.17) is 4.74 Å². The molecule has 0 saturated carbocycles. The van der Waals surface area contributed by atoms with Crippen LogP contribution in [0, 0.1) is 0 Å². The number of nitrogens with one attached hydrogen (secondary N) is 2. The lowest BCUT2D eigenvalue weighted by Gasteiger charge is -2.35. The van der Waals surface area contributed by atoms with Crippen LogP contribution in [0.4, 0.5) is 23.1 Å². The summed E-state index contributed by atoms with van der Waals surface area (Å²) in [5.74, 6) is 1.73. The van der Waals surface area contributed by atoms with E-state index in [1.807, 2.05) is 23.7 Å². The third-order valence-corrected chi connectivity index (χ3v) is 6.84. The van der Waals surface area contributed by atoms with Crippen molar-refractivity contribution >= 4 is 50.6 Å². The van der Waals surface area contributed by atoms with Crippen molar-refractivity contribution in [3.63, 3.8) is 0 Å². The third-order valence-electron chi connectivity index (χ3n) is 5.95. The first-order valence-electron chi connectivity index (χ1n) is 11.8. The highest BCUT2D eigenvalue weighted by molar-refractivity contribution is 7.17. The van der Waals surface area contributed by atoms with Crippen LogP contribution in [0.15, 0.2) is 66.7 Å². The molecule has 5 rings (SSSR count). The number of hydrogen-bond acceptors (Lipinski definition) is 9. The van der Waals surface area contributed by atoms with Crippen molar-refractivity contribution in [3.05, 3.63) is 66.7 Å². The molecule has 0 unspecified atom stereocenters. The summed E-state index contributed by atoms with van der Waals surface area (Å²) in [6.07, 6.45) is 3.10. The highest BCUT2D eigenvalue weighted by Crippen LogP contribution is 2.33. The van der Waals surface area contributed by atoms with Crippen molar-refractivity contribution in [1.82, 2.24) is 19.9 Å². The summed E-state index contributed by atoms with van der Waals surface area (Å²) in [6.45, 7) is 10.9. The molecule has 1 aliphatic rings. The third kappa shape index (κ3) is 5.45. The standard InChI is InChI=1S/C26H27N7O2S/c1-3-23(34)28-18-6-5-7-20(16-18)35-25-24-21(10-15-36-24)29-26(31-25)30-22-9-8-19(17-27-22)33-13-11-32(4-2)12-14-33/h3,5-10,15-17H,1,4,11-14H2,2H3,(H,28,34)(H,27,29,30,31). The first-order valence-corrected chi connectivity index (χ1v) is 12.7. The molecule has 1 saturated heterocycles. The molecular formula is C26H27N7O2S. The smallest absolute Gasteiger partial charge is 0.247 e. The van der Waals surface area contributed by atoms with Gasteiger partial charge in [-0.05, 0) is 48.3 Å². The van der Waals surface area contributed by atoms with E-state index in [1.165, 1.54) is 17.4 Å². The predicted octanol–water partition coefficient (Wildman–Crippen LogP) is 4.89. The largest absolute Gasteiger partial charge is 0.437 e. The highest BCUT2D eigenvalue weighted by atomic mass is 32.1. The van der Waals surface area contributed by atoms with Crippen molar-refractivity contribution in [3.8, 4) is 11.6 Å². The SMILES string of the molecule is C=CC(=O)Nc1cccc(Oc2nc(Nc3ccc(N4CCN(CC)CC4)cn3)nc3ccsc23)c1. The average Bonchev–Trinajstić information content (AvgIpc) is 3.38. The van der Waals surface area contributed by atoms with Gasteiger partial charge in [0.1, 0.15) is 16.3 Å². The van der Waals surface area contributed by atoms with Crippen LogP contribution in [0.2, 0.25) is 0 Å². The minimum atomic E-state index is -0.289. The number of amides is 1. The number of carbonyl (C=O) groups is 1. The number of ether oxygens (including phenoxy) is 1. The van der Waals surface area contributed by atoms with Gasteiger partial charge in [0.2, 0.25) is 17.7 Å². The van der Waals surface area contributed by atoms with Crippen LogP contribution in [0.25, 0.3) is 10.2 Å². The molecule has 2 N–H and O–H groups in total. The number of anilines is 4. The van der Waals surface area contributed by atoms with E-state index in [0.717, 1.165) is 48.6 Å². The van der Waals surface area contributed by atoms with E-state index >= 15 is 0 Å². The van der Waals surface area contributed by atoms with Crippen molar-refractivity contribution in [2.45, 2.75) is 6.92 Å². The van der Waals surface area contributed by atoms with E-state index in [0.29, 0.717) is 29.1 Å². The Bertz CT molecular complexity index is 1360. The Labute approximate surface area is 213 Å². The zero-order valence-electron chi connectivity index (χ0n) is 20.0. The summed E-state index contributed by atoms with van der Waals surface area (Å²) < 4.78 is 6.94. The second-order valence-electron chi connectivity index (χ2n) is 8.26. The summed E-state index contributed by atoms with van der Waals surface area (Å²) in [5, 5.41) is 7.88. The summed E-state index contributed by atoms with van der Waals surface area (Å²) in [7, 11) is 0. The second-order valence-corrected chi connectivity index (χ2v) is 9.17. The molecule has 0 aliphatic carbocycles. The number of aromatic nitrogens is 3. The first kappa shape index (κ1) is 23.7. The Morgan fingerprint density at radius 2 is 2.03 bits per heavy atom. The number of thiophene rings is 1. The van der Waals surface area contributed by atoms with Gasteiger partial charge >= 0.3 is 0 Å². The molecule has 0 radical (unpaired) electrons. The summed E-state index contributed by atoms with van der Waals surface area (Å²) in [4.78, 5) is 30.2. The number of fused-ring (bicyclic) bond motifs is 1. The molecule has 0 atom stereocenters. The van der Waals surface area contributed by atoms with Gasteiger partial charge in [0.25, 0.3) is 0 Å². The Hall–Kier alpha value is -4.02. The molecule has 4 aromatic rings.